The van der Waals surface area contributed by atoms with E-state index in [4.69, 9.17) is 10.8 Å². The maximum absolute atomic E-state index is 12.7. The predicted molar refractivity (Wildman–Crippen MR) is 121 cm³/mol. The minimum Gasteiger partial charge on any atom is -0.431 e. The Balaban J connectivity index is 1.60. The number of aromatic nitrogens is 3. The van der Waals surface area contributed by atoms with E-state index in [0.717, 1.165) is 32.6 Å². The van der Waals surface area contributed by atoms with Crippen molar-refractivity contribution in [3.05, 3.63) is 24.0 Å². The van der Waals surface area contributed by atoms with Crippen LogP contribution in [0, 0.1) is 5.92 Å². The van der Waals surface area contributed by atoms with Gasteiger partial charge in [-0.15, -0.1) is 0 Å². The maximum atomic E-state index is 12.7. The molecule has 2 N–H and O–H groups in total. The average Bonchev–Trinajstić information content (AvgIpc) is 3.34. The lowest BCUT2D eigenvalue weighted by molar-refractivity contribution is -0.0494. The number of pyridine rings is 1. The smallest absolute Gasteiger partial charge is 0.387 e. The van der Waals surface area contributed by atoms with Crippen LogP contribution in [0.3, 0.4) is 0 Å². The van der Waals surface area contributed by atoms with Crippen LogP contribution in [0.15, 0.2) is 18.3 Å². The first-order valence-corrected chi connectivity index (χ1v) is 11.5. The minimum atomic E-state index is -2.95. The largest absolute Gasteiger partial charge is 0.431 e. The Kier molecular flexibility index (Phi) is 6.67. The van der Waals surface area contributed by atoms with Crippen LogP contribution < -0.4 is 10.5 Å². The summed E-state index contributed by atoms with van der Waals surface area (Å²) in [6.07, 6.45) is 3.86. The van der Waals surface area contributed by atoms with E-state index in [0.29, 0.717) is 29.1 Å². The van der Waals surface area contributed by atoms with Gasteiger partial charge in [-0.3, -0.25) is 9.58 Å². The van der Waals surface area contributed by atoms with Gasteiger partial charge in [-0.2, -0.15) is 13.9 Å². The van der Waals surface area contributed by atoms with Crippen LogP contribution in [0.5, 0.6) is 5.75 Å². The Bertz CT molecular complexity index is 925. The maximum Gasteiger partial charge on any atom is 0.387 e. The molecule has 0 bridgehead atoms. The van der Waals surface area contributed by atoms with Gasteiger partial charge in [0.25, 0.3) is 0 Å². The van der Waals surface area contributed by atoms with Gasteiger partial charge in [0.15, 0.2) is 11.6 Å². The van der Waals surface area contributed by atoms with Gasteiger partial charge < -0.3 is 15.4 Å². The van der Waals surface area contributed by atoms with Gasteiger partial charge in [0.05, 0.1) is 5.69 Å². The van der Waals surface area contributed by atoms with E-state index in [9.17, 15) is 8.78 Å². The van der Waals surface area contributed by atoms with Gasteiger partial charge in [0.2, 0.25) is 0 Å². The van der Waals surface area contributed by atoms with E-state index in [1.54, 1.807) is 6.20 Å². The van der Waals surface area contributed by atoms with Crippen molar-refractivity contribution in [3.63, 3.8) is 0 Å². The summed E-state index contributed by atoms with van der Waals surface area (Å²) in [6, 6.07) is 4.36. The molecule has 0 amide bonds. The fourth-order valence-corrected chi connectivity index (χ4v) is 5.14. The summed E-state index contributed by atoms with van der Waals surface area (Å²) in [7, 11) is 2.18. The molecule has 2 aliphatic rings. The zero-order chi connectivity index (χ0) is 23.0. The molecule has 3 atom stereocenters. The molecule has 1 saturated carbocycles. The fraction of sp³-hybridized carbons (Fsp3) is 0.652. The first-order valence-electron chi connectivity index (χ1n) is 11.5. The third-order valence-corrected chi connectivity index (χ3v) is 6.94. The van der Waals surface area contributed by atoms with Gasteiger partial charge in [0.1, 0.15) is 0 Å². The fourth-order valence-electron chi connectivity index (χ4n) is 5.14. The Morgan fingerprint density at radius 2 is 1.84 bits per heavy atom. The molecule has 1 saturated heterocycles. The first kappa shape index (κ1) is 22.9. The molecule has 32 heavy (non-hydrogen) atoms. The molecule has 9 heteroatoms. The summed E-state index contributed by atoms with van der Waals surface area (Å²) in [5, 5.41) is 4.83. The quantitative estimate of drug-likeness (QED) is 0.724. The molecular weight excluding hydrogens is 414 g/mol. The standard InChI is InChI=1S/C23H34F2N6O/c1-14(2)31-20(18-11-17(9-15(18)3)30-7-5-29(4)6-8-30)12-19(28-31)16-10-21(32-23(24)25)22(26)27-13-16/h10,12-15,17-18,23H,5-9,11H2,1-4H3,(H2,26,27). The van der Waals surface area contributed by atoms with E-state index in [2.05, 4.69) is 58.1 Å². The van der Waals surface area contributed by atoms with Gasteiger partial charge >= 0.3 is 6.61 Å². The third-order valence-electron chi connectivity index (χ3n) is 6.94. The van der Waals surface area contributed by atoms with E-state index in [-0.39, 0.29) is 17.6 Å². The number of likely N-dealkylation sites (N-methyl/N-ethyl adjacent to an activating group) is 1. The lowest BCUT2D eigenvalue weighted by atomic mass is 9.93. The summed E-state index contributed by atoms with van der Waals surface area (Å²) in [5.74, 6) is 0.769. The van der Waals surface area contributed by atoms with Crippen molar-refractivity contribution >= 4 is 5.82 Å². The second-order valence-electron chi connectivity index (χ2n) is 9.53. The first-order chi connectivity index (χ1) is 15.2. The molecule has 2 aromatic heterocycles. The summed E-state index contributed by atoms with van der Waals surface area (Å²) < 4.78 is 32.1. The number of nitrogens with zero attached hydrogens (tertiary/aromatic N) is 5. The predicted octanol–water partition coefficient (Wildman–Crippen LogP) is 3.84. The zero-order valence-corrected chi connectivity index (χ0v) is 19.3. The lowest BCUT2D eigenvalue weighted by Crippen LogP contribution is -2.48. The van der Waals surface area contributed by atoms with Crippen molar-refractivity contribution in [3.8, 4) is 17.0 Å². The third kappa shape index (κ3) is 4.73. The average molecular weight is 449 g/mol. The molecule has 0 radical (unpaired) electrons. The Labute approximate surface area is 188 Å². The molecular formula is C23H34F2N6O. The highest BCUT2D eigenvalue weighted by molar-refractivity contribution is 5.64. The number of anilines is 1. The van der Waals surface area contributed by atoms with Crippen LogP contribution in [-0.2, 0) is 0 Å². The normalized spacial score (nSPS) is 25.2. The van der Waals surface area contributed by atoms with Crippen LogP contribution in [0.1, 0.15) is 51.3 Å². The number of halogens is 2. The number of hydrogen-bond acceptors (Lipinski definition) is 6. The second kappa shape index (κ2) is 9.31. The van der Waals surface area contributed by atoms with Crippen LogP contribution >= 0.6 is 0 Å². The summed E-state index contributed by atoms with van der Waals surface area (Å²) in [4.78, 5) is 9.08. The summed E-state index contributed by atoms with van der Waals surface area (Å²) in [6.45, 7) is 8.10. The van der Waals surface area contributed by atoms with Crippen molar-refractivity contribution in [2.45, 2.75) is 58.2 Å². The Hall–Kier alpha value is -2.26. The lowest BCUT2D eigenvalue weighted by Gasteiger charge is -2.36. The molecule has 1 aliphatic heterocycles. The second-order valence-corrected chi connectivity index (χ2v) is 9.53. The van der Waals surface area contributed by atoms with Gasteiger partial charge in [-0.1, -0.05) is 6.92 Å². The summed E-state index contributed by atoms with van der Waals surface area (Å²) >= 11 is 0. The SMILES string of the molecule is CC1CC(N2CCN(C)CC2)CC1c1cc(-c2cnc(N)c(OC(F)F)c2)nn1C(C)C. The number of piperazine rings is 1. The van der Waals surface area contributed by atoms with E-state index in [1.807, 2.05) is 0 Å². The van der Waals surface area contributed by atoms with Crippen LogP contribution in [0.4, 0.5) is 14.6 Å². The van der Waals surface area contributed by atoms with E-state index < -0.39 is 6.61 Å². The van der Waals surface area contributed by atoms with Crippen molar-refractivity contribution in [1.82, 2.24) is 24.6 Å². The Morgan fingerprint density at radius 3 is 2.50 bits per heavy atom. The number of alkyl halides is 2. The van der Waals surface area contributed by atoms with Crippen molar-refractivity contribution in [1.29, 1.82) is 0 Å². The van der Waals surface area contributed by atoms with Crippen molar-refractivity contribution in [2.75, 3.05) is 39.0 Å². The molecule has 2 aromatic rings. The molecule has 0 aromatic carbocycles. The van der Waals surface area contributed by atoms with E-state index in [1.165, 1.54) is 18.2 Å². The molecule has 7 nitrogen and oxygen atoms in total. The molecule has 3 heterocycles. The monoisotopic (exact) mass is 448 g/mol. The minimum absolute atomic E-state index is 0.0583. The number of ether oxygens (including phenoxy) is 1. The summed E-state index contributed by atoms with van der Waals surface area (Å²) in [5.41, 5.74) is 8.24. The highest BCUT2D eigenvalue weighted by atomic mass is 19.3. The highest BCUT2D eigenvalue weighted by Crippen LogP contribution is 2.43. The highest BCUT2D eigenvalue weighted by Gasteiger charge is 2.38. The van der Waals surface area contributed by atoms with Crippen LogP contribution in [-0.4, -0.2) is 70.4 Å². The molecule has 4 rings (SSSR count). The van der Waals surface area contributed by atoms with Crippen molar-refractivity contribution < 1.29 is 13.5 Å². The molecule has 1 aliphatic carbocycles. The van der Waals surface area contributed by atoms with Gasteiger partial charge in [-0.05, 0) is 51.8 Å². The van der Waals surface area contributed by atoms with Crippen LogP contribution in [0.25, 0.3) is 11.3 Å². The Morgan fingerprint density at radius 1 is 1.12 bits per heavy atom. The number of hydrogen-bond donors (Lipinski definition) is 1. The zero-order valence-electron chi connectivity index (χ0n) is 19.3. The number of nitrogen functional groups attached to an aromatic ring is 1. The van der Waals surface area contributed by atoms with Crippen molar-refractivity contribution in [2.24, 2.45) is 5.92 Å². The molecule has 2 fully saturated rings. The van der Waals surface area contributed by atoms with E-state index >= 15 is 0 Å². The number of rotatable bonds is 6. The molecule has 0 spiro atoms. The van der Waals surface area contributed by atoms with Crippen LogP contribution in [0.2, 0.25) is 0 Å². The number of nitrogens with two attached hydrogens (primary N) is 1. The van der Waals surface area contributed by atoms with Gasteiger partial charge in [-0.25, -0.2) is 4.98 Å². The molecule has 176 valence electrons. The van der Waals surface area contributed by atoms with Gasteiger partial charge in [0, 0.05) is 61.6 Å². The molecule has 3 unspecified atom stereocenters. The topological polar surface area (TPSA) is 72.4 Å².